The molecule has 0 saturated carbocycles. The van der Waals surface area contributed by atoms with Gasteiger partial charge in [0.25, 0.3) is 0 Å². The molecule has 0 spiro atoms. The molecule has 0 fully saturated rings. The number of rotatable bonds is 5. The summed E-state index contributed by atoms with van der Waals surface area (Å²) >= 11 is 6.02. The highest BCUT2D eigenvalue weighted by Crippen LogP contribution is 2.23. The Morgan fingerprint density at radius 2 is 2.11 bits per heavy atom. The first kappa shape index (κ1) is 15.6. The number of nitrogens with zero attached hydrogens (tertiary/aromatic N) is 1. The summed E-state index contributed by atoms with van der Waals surface area (Å²) in [7, 11) is 0. The van der Waals surface area contributed by atoms with Gasteiger partial charge in [0.15, 0.2) is 0 Å². The zero-order valence-corrected chi connectivity index (χ0v) is 11.6. The number of aryl methyl sites for hydroxylation is 1. The van der Waals surface area contributed by atoms with Crippen molar-refractivity contribution >= 4 is 17.3 Å². The molecule has 0 aliphatic carbocycles. The van der Waals surface area contributed by atoms with Crippen molar-refractivity contribution in [2.24, 2.45) is 4.99 Å². The Bertz CT molecular complexity index is 507. The average molecular weight is 288 g/mol. The molecule has 0 aliphatic rings. The maximum Gasteiger partial charge on any atom is 0.245 e. The largest absolute Gasteiger partial charge is 0.494 e. The third-order valence-electron chi connectivity index (χ3n) is 2.57. The number of benzene rings is 1. The first-order chi connectivity index (χ1) is 8.69. The quantitative estimate of drug-likeness (QED) is 0.614. The topological polar surface area (TPSA) is 32.6 Å². The number of halogens is 3. The van der Waals surface area contributed by atoms with Crippen molar-refractivity contribution in [2.45, 2.75) is 32.6 Å². The Morgan fingerprint density at radius 1 is 1.47 bits per heavy atom. The number of hydrogen-bond acceptors (Lipinski definition) is 2. The van der Waals surface area contributed by atoms with E-state index in [1.54, 1.807) is 25.1 Å². The summed E-state index contributed by atoms with van der Waals surface area (Å²) in [6, 6.07) is 5.05. The molecule has 19 heavy (non-hydrogen) atoms. The van der Waals surface area contributed by atoms with E-state index in [0.717, 1.165) is 12.5 Å². The molecule has 5 heteroatoms. The lowest BCUT2D eigenvalue weighted by molar-refractivity contribution is 0.0133. The Balaban J connectivity index is 2.98. The highest BCUT2D eigenvalue weighted by atomic mass is 35.5. The fourth-order valence-electron chi connectivity index (χ4n) is 1.62. The van der Waals surface area contributed by atoms with Crippen LogP contribution in [0.3, 0.4) is 0 Å². The van der Waals surface area contributed by atoms with Gasteiger partial charge in [-0.1, -0.05) is 17.7 Å². The highest BCUT2D eigenvalue weighted by molar-refractivity contribution is 6.34. The van der Waals surface area contributed by atoms with Crippen molar-refractivity contribution in [3.8, 4) is 0 Å². The zero-order valence-electron chi connectivity index (χ0n) is 10.9. The number of aliphatic hydroxyl groups excluding tert-OH is 1. The lowest BCUT2D eigenvalue weighted by atomic mass is 10.0. The van der Waals surface area contributed by atoms with Crippen LogP contribution >= 0.6 is 11.6 Å². The Kier molecular flexibility index (Phi) is 5.06. The van der Waals surface area contributed by atoms with Gasteiger partial charge in [-0.2, -0.15) is 0 Å². The fraction of sp³-hybridized carbons (Fsp3) is 0.357. The maximum atomic E-state index is 12.8. The van der Waals surface area contributed by atoms with Crippen LogP contribution in [0, 0.1) is 0 Å². The summed E-state index contributed by atoms with van der Waals surface area (Å²) in [4.78, 5) is 3.80. The van der Waals surface area contributed by atoms with Crippen molar-refractivity contribution < 1.29 is 13.9 Å². The second-order valence-corrected chi connectivity index (χ2v) is 4.91. The van der Waals surface area contributed by atoms with Gasteiger partial charge in [0.1, 0.15) is 0 Å². The van der Waals surface area contributed by atoms with Gasteiger partial charge in [0, 0.05) is 17.0 Å². The maximum absolute atomic E-state index is 12.8. The average Bonchev–Trinajstić information content (AvgIpc) is 2.25. The van der Waals surface area contributed by atoms with Crippen LogP contribution in [-0.4, -0.2) is 16.7 Å². The minimum absolute atomic E-state index is 0.225. The molecule has 2 nitrogen and oxygen atoms in total. The molecular weight excluding hydrogens is 272 g/mol. The van der Waals surface area contributed by atoms with Crippen molar-refractivity contribution in [3.63, 3.8) is 0 Å². The van der Waals surface area contributed by atoms with E-state index < -0.39 is 5.92 Å². The minimum atomic E-state index is -2.69. The first-order valence-corrected chi connectivity index (χ1v) is 6.16. The Morgan fingerprint density at radius 3 is 2.63 bits per heavy atom. The van der Waals surface area contributed by atoms with E-state index in [2.05, 4.69) is 11.6 Å². The van der Waals surface area contributed by atoms with Crippen LogP contribution in [0.5, 0.6) is 0 Å². The molecule has 104 valence electrons. The number of aliphatic imine (C=N–C) groups is 1. The molecule has 0 atom stereocenters. The van der Waals surface area contributed by atoms with E-state index in [4.69, 9.17) is 16.7 Å². The molecular formula is C14H16ClF2NO. The van der Waals surface area contributed by atoms with Crippen LogP contribution in [0.15, 0.2) is 35.7 Å². The van der Waals surface area contributed by atoms with Crippen molar-refractivity contribution in [1.82, 2.24) is 0 Å². The van der Waals surface area contributed by atoms with Gasteiger partial charge in [0.05, 0.1) is 5.71 Å². The van der Waals surface area contributed by atoms with E-state index in [-0.39, 0.29) is 18.7 Å². The molecule has 0 heterocycles. The summed E-state index contributed by atoms with van der Waals surface area (Å²) in [5.74, 6) is -3.01. The molecule has 0 aliphatic heterocycles. The lowest BCUT2D eigenvalue weighted by Crippen LogP contribution is -2.11. The number of hydrogen-bond donors (Lipinski definition) is 1. The molecule has 0 unspecified atom stereocenters. The van der Waals surface area contributed by atoms with Crippen LogP contribution in [0.1, 0.15) is 31.4 Å². The summed E-state index contributed by atoms with van der Waals surface area (Å²) < 4.78 is 25.6. The number of aliphatic hydroxyl groups is 1. The minimum Gasteiger partial charge on any atom is -0.494 e. The lowest BCUT2D eigenvalue weighted by Gasteiger charge is -2.11. The van der Waals surface area contributed by atoms with Gasteiger partial charge in [-0.25, -0.2) is 13.8 Å². The van der Waals surface area contributed by atoms with E-state index >= 15 is 0 Å². The van der Waals surface area contributed by atoms with Gasteiger partial charge in [-0.05, 0) is 44.5 Å². The predicted molar refractivity (Wildman–Crippen MR) is 74.4 cm³/mol. The second kappa shape index (κ2) is 6.15. The zero-order chi connectivity index (χ0) is 14.6. The Hall–Kier alpha value is -1.42. The first-order valence-electron chi connectivity index (χ1n) is 5.79. The summed E-state index contributed by atoms with van der Waals surface area (Å²) in [6.07, 6.45) is 0.0258. The summed E-state index contributed by atoms with van der Waals surface area (Å²) in [5, 5.41) is 9.48. The third-order valence-corrected chi connectivity index (χ3v) is 2.90. The van der Waals surface area contributed by atoms with E-state index in [9.17, 15) is 8.78 Å². The number of alkyl halides is 2. The van der Waals surface area contributed by atoms with Crippen molar-refractivity contribution in [3.05, 3.63) is 46.8 Å². The molecule has 0 saturated heterocycles. The second-order valence-electron chi connectivity index (χ2n) is 4.50. The van der Waals surface area contributed by atoms with Crippen LogP contribution in [-0.2, 0) is 6.42 Å². The smallest absolute Gasteiger partial charge is 0.245 e. The molecule has 0 bridgehead atoms. The van der Waals surface area contributed by atoms with E-state index in [1.807, 2.05) is 0 Å². The van der Waals surface area contributed by atoms with Crippen LogP contribution in [0.4, 0.5) is 8.78 Å². The molecule has 0 radical (unpaired) electrons. The predicted octanol–water partition coefficient (Wildman–Crippen LogP) is 4.77. The molecule has 1 rings (SSSR count). The van der Waals surface area contributed by atoms with Crippen molar-refractivity contribution in [1.29, 1.82) is 0 Å². The van der Waals surface area contributed by atoms with E-state index in [1.165, 1.54) is 0 Å². The Labute approximate surface area is 116 Å². The van der Waals surface area contributed by atoms with Crippen LogP contribution in [0.25, 0.3) is 0 Å². The monoisotopic (exact) mass is 287 g/mol. The molecule has 0 aromatic heterocycles. The van der Waals surface area contributed by atoms with Gasteiger partial charge in [-0.15, -0.1) is 0 Å². The summed E-state index contributed by atoms with van der Waals surface area (Å²) in [6.45, 7) is 5.83. The van der Waals surface area contributed by atoms with Crippen LogP contribution in [0.2, 0.25) is 5.02 Å². The summed E-state index contributed by atoms with van der Waals surface area (Å²) in [5.41, 5.74) is 1.84. The molecule has 1 aromatic rings. The third kappa shape index (κ3) is 5.39. The van der Waals surface area contributed by atoms with Crippen molar-refractivity contribution in [2.75, 3.05) is 0 Å². The van der Waals surface area contributed by atoms with Crippen LogP contribution < -0.4 is 0 Å². The fourth-order valence-corrected chi connectivity index (χ4v) is 1.88. The van der Waals surface area contributed by atoms with Gasteiger partial charge < -0.3 is 5.11 Å². The van der Waals surface area contributed by atoms with Gasteiger partial charge in [0.2, 0.25) is 11.8 Å². The SMILES string of the molecule is C=C(O)/N=C(\C)c1cc(CCC(C)(F)F)ccc1Cl. The van der Waals surface area contributed by atoms with Gasteiger partial charge >= 0.3 is 0 Å². The molecule has 1 N–H and O–H groups in total. The molecule has 1 aromatic carbocycles. The van der Waals surface area contributed by atoms with E-state index in [0.29, 0.717) is 16.3 Å². The highest BCUT2D eigenvalue weighted by Gasteiger charge is 2.20. The normalized spacial score (nSPS) is 12.6. The van der Waals surface area contributed by atoms with Gasteiger partial charge in [-0.3, -0.25) is 0 Å². The standard InChI is InChI=1S/C14H16ClF2NO/c1-9(18-10(2)19)12-8-11(4-5-13(12)15)6-7-14(3,16)17/h4-5,8,19H,2,6-7H2,1,3H3/b18-9+. The molecule has 0 amide bonds.